The number of phosphoric acid groups is 1. The summed E-state index contributed by atoms with van der Waals surface area (Å²) in [4.78, 5) is 46.9. The third kappa shape index (κ3) is 42.3. The highest BCUT2D eigenvalue weighted by Gasteiger charge is 2.26. The van der Waals surface area contributed by atoms with Crippen molar-refractivity contribution in [3.63, 3.8) is 0 Å². The van der Waals surface area contributed by atoms with Gasteiger partial charge in [0, 0.05) is 19.4 Å². The van der Waals surface area contributed by atoms with Gasteiger partial charge in [0.05, 0.1) is 19.8 Å². The summed E-state index contributed by atoms with van der Waals surface area (Å²) in [6.45, 7) is 5.50. The van der Waals surface area contributed by atoms with Crippen LogP contribution in [0.1, 0.15) is 233 Å². The van der Waals surface area contributed by atoms with E-state index in [1.807, 2.05) is 6.92 Å². The number of phosphoric ester groups is 1. The van der Waals surface area contributed by atoms with Crippen molar-refractivity contribution in [2.24, 2.45) is 0 Å². The number of alkyl carbamates (subject to hydrolysis) is 1. The third-order valence-corrected chi connectivity index (χ3v) is 11.2. The molecule has 0 aliphatic heterocycles. The number of carbonyl (C=O) groups is 3. The number of hydrogen-bond donors (Lipinski definition) is 2. The molecule has 0 bridgehead atoms. The fourth-order valence-corrected chi connectivity index (χ4v) is 7.43. The maximum Gasteiger partial charge on any atom is 0.472 e. The minimum atomic E-state index is -4.54. The molecule has 0 aliphatic rings. The number of nitrogens with one attached hydrogen (secondary N) is 1. The van der Waals surface area contributed by atoms with E-state index in [4.69, 9.17) is 23.3 Å². The van der Waals surface area contributed by atoms with Crippen LogP contribution in [0.15, 0.2) is 0 Å². The average molecular weight is 834 g/mol. The van der Waals surface area contributed by atoms with Crippen LogP contribution in [0.5, 0.6) is 0 Å². The molecule has 0 rings (SSSR count). The molecule has 0 spiro atoms. The van der Waals surface area contributed by atoms with Gasteiger partial charge in [-0.25, -0.2) is 9.36 Å². The lowest BCUT2D eigenvalue weighted by Gasteiger charge is -2.20. The number of rotatable bonds is 44. The largest absolute Gasteiger partial charge is 0.472 e. The van der Waals surface area contributed by atoms with Crippen molar-refractivity contribution < 1.29 is 47.1 Å². The summed E-state index contributed by atoms with van der Waals surface area (Å²) < 4.78 is 38.3. The van der Waals surface area contributed by atoms with Crippen molar-refractivity contribution in [2.45, 2.75) is 239 Å². The van der Waals surface area contributed by atoms with Gasteiger partial charge in [-0.2, -0.15) is 0 Å². The second kappa shape index (κ2) is 42.4. The van der Waals surface area contributed by atoms with Crippen molar-refractivity contribution in [1.29, 1.82) is 0 Å². The van der Waals surface area contributed by atoms with Crippen LogP contribution in [0, 0.1) is 0 Å². The van der Waals surface area contributed by atoms with E-state index in [2.05, 4.69) is 19.2 Å². The molecule has 2 N–H and O–H groups in total. The third-order valence-electron chi connectivity index (χ3n) is 10.2. The van der Waals surface area contributed by atoms with Gasteiger partial charge in [-0.15, -0.1) is 0 Å². The predicted octanol–water partition coefficient (Wildman–Crippen LogP) is 13.2. The Kier molecular flexibility index (Phi) is 41.2. The second-order valence-electron chi connectivity index (χ2n) is 15.9. The van der Waals surface area contributed by atoms with Crippen molar-refractivity contribution in [2.75, 3.05) is 33.0 Å². The van der Waals surface area contributed by atoms with E-state index in [-0.39, 0.29) is 39.2 Å². The fourth-order valence-electron chi connectivity index (χ4n) is 6.67. The standard InChI is InChI=1S/C45H88NO10P/c1-4-7-9-11-13-15-17-19-21-23-25-27-29-31-33-35-43(47)53-40-42(41-55-57(50,51)54-39-37-46-45(49)52-38-6-3)56-44(48)36-34-32-30-28-26-24-22-20-18-16-14-12-10-8-5-2/h42H,4-41H2,1-3H3,(H,46,49)(H,50,51)/t42-/m1/s1. The van der Waals surface area contributed by atoms with Crippen LogP contribution < -0.4 is 5.32 Å². The van der Waals surface area contributed by atoms with Crippen LogP contribution in [-0.4, -0.2) is 62.0 Å². The predicted molar refractivity (Wildman–Crippen MR) is 231 cm³/mol. The molecule has 0 saturated carbocycles. The topological polar surface area (TPSA) is 147 Å². The van der Waals surface area contributed by atoms with Gasteiger partial charge in [-0.05, 0) is 19.3 Å². The fraction of sp³-hybridized carbons (Fsp3) is 0.933. The van der Waals surface area contributed by atoms with E-state index in [0.717, 1.165) is 38.5 Å². The van der Waals surface area contributed by atoms with Gasteiger partial charge in [0.1, 0.15) is 6.61 Å². The van der Waals surface area contributed by atoms with Crippen molar-refractivity contribution in [1.82, 2.24) is 5.32 Å². The summed E-state index contributed by atoms with van der Waals surface area (Å²) in [7, 11) is -4.54. The Balaban J connectivity index is 4.40. The van der Waals surface area contributed by atoms with Crippen LogP contribution in [0.25, 0.3) is 0 Å². The molecule has 0 aliphatic carbocycles. The number of amides is 1. The van der Waals surface area contributed by atoms with Crippen LogP contribution >= 0.6 is 7.82 Å². The van der Waals surface area contributed by atoms with Gasteiger partial charge in [-0.3, -0.25) is 18.6 Å². The van der Waals surface area contributed by atoms with Crippen molar-refractivity contribution in [3.8, 4) is 0 Å². The van der Waals surface area contributed by atoms with Gasteiger partial charge in [0.15, 0.2) is 6.10 Å². The Labute approximate surface area is 349 Å². The van der Waals surface area contributed by atoms with Gasteiger partial charge in [0.25, 0.3) is 0 Å². The zero-order valence-corrected chi connectivity index (χ0v) is 37.9. The highest BCUT2D eigenvalue weighted by molar-refractivity contribution is 7.47. The lowest BCUT2D eigenvalue weighted by Crippen LogP contribution is -2.30. The Morgan fingerprint density at radius 3 is 1.26 bits per heavy atom. The first-order valence-corrected chi connectivity index (χ1v) is 25.1. The monoisotopic (exact) mass is 834 g/mol. The van der Waals surface area contributed by atoms with E-state index in [0.29, 0.717) is 12.8 Å². The Hall–Kier alpha value is -1.68. The zero-order chi connectivity index (χ0) is 41.9. The Bertz CT molecular complexity index is 968. The first kappa shape index (κ1) is 55.3. The quantitative estimate of drug-likeness (QED) is 0.0263. The molecule has 1 unspecified atom stereocenters. The molecule has 0 aromatic carbocycles. The summed E-state index contributed by atoms with van der Waals surface area (Å²) in [5.41, 5.74) is 0. The summed E-state index contributed by atoms with van der Waals surface area (Å²) in [6, 6.07) is 0. The summed E-state index contributed by atoms with van der Waals surface area (Å²) in [5, 5.41) is 2.41. The van der Waals surface area contributed by atoms with Crippen LogP contribution in [0.3, 0.4) is 0 Å². The minimum absolute atomic E-state index is 0.0644. The molecule has 11 nitrogen and oxygen atoms in total. The molecule has 0 fully saturated rings. The number of unbranched alkanes of at least 4 members (excludes halogenated alkanes) is 28. The van der Waals surface area contributed by atoms with Crippen LogP contribution in [0.4, 0.5) is 4.79 Å². The van der Waals surface area contributed by atoms with E-state index < -0.39 is 38.6 Å². The Morgan fingerprint density at radius 1 is 0.474 bits per heavy atom. The first-order valence-electron chi connectivity index (χ1n) is 23.6. The number of carbonyl (C=O) groups excluding carboxylic acids is 3. The smallest absolute Gasteiger partial charge is 0.462 e. The molecule has 338 valence electrons. The zero-order valence-electron chi connectivity index (χ0n) is 37.0. The average Bonchev–Trinajstić information content (AvgIpc) is 3.19. The van der Waals surface area contributed by atoms with E-state index in [9.17, 15) is 23.8 Å². The molecule has 0 aromatic rings. The SMILES string of the molecule is CCCCCCCCCCCCCCCCCC(=O)OC[C@H](COP(=O)(O)OCCNC(=O)OCCC)OC(=O)CCCCCCCCCCCCCCCCC. The van der Waals surface area contributed by atoms with Gasteiger partial charge >= 0.3 is 25.9 Å². The molecule has 0 radical (unpaired) electrons. The molecular formula is C45H88NO10P. The molecule has 57 heavy (non-hydrogen) atoms. The molecule has 2 atom stereocenters. The molecule has 0 heterocycles. The van der Waals surface area contributed by atoms with Crippen molar-refractivity contribution >= 4 is 25.9 Å². The molecule has 12 heteroatoms. The van der Waals surface area contributed by atoms with E-state index >= 15 is 0 Å². The molecule has 0 saturated heterocycles. The summed E-state index contributed by atoms with van der Waals surface area (Å²) >= 11 is 0. The number of ether oxygens (including phenoxy) is 3. The highest BCUT2D eigenvalue weighted by atomic mass is 31.2. The molecular weight excluding hydrogens is 745 g/mol. The van der Waals surface area contributed by atoms with Crippen LogP contribution in [-0.2, 0) is 37.4 Å². The number of esters is 2. The second-order valence-corrected chi connectivity index (χ2v) is 17.3. The van der Waals surface area contributed by atoms with Gasteiger partial charge < -0.3 is 24.4 Å². The highest BCUT2D eigenvalue weighted by Crippen LogP contribution is 2.43. The molecule has 1 amide bonds. The van der Waals surface area contributed by atoms with Gasteiger partial charge in [-0.1, -0.05) is 201 Å². The van der Waals surface area contributed by atoms with E-state index in [1.165, 1.54) is 148 Å². The normalized spacial score (nSPS) is 12.9. The van der Waals surface area contributed by atoms with E-state index in [1.54, 1.807) is 0 Å². The number of hydrogen-bond acceptors (Lipinski definition) is 9. The van der Waals surface area contributed by atoms with Gasteiger partial charge in [0.2, 0.25) is 0 Å². The molecule has 0 aromatic heterocycles. The van der Waals surface area contributed by atoms with Crippen molar-refractivity contribution in [3.05, 3.63) is 0 Å². The Morgan fingerprint density at radius 2 is 0.860 bits per heavy atom. The summed E-state index contributed by atoms with van der Waals surface area (Å²) in [6.07, 6.45) is 36.4. The minimum Gasteiger partial charge on any atom is -0.462 e. The first-order chi connectivity index (χ1) is 27.7. The van der Waals surface area contributed by atoms with Crippen LogP contribution in [0.2, 0.25) is 0 Å². The lowest BCUT2D eigenvalue weighted by atomic mass is 10.0. The summed E-state index contributed by atoms with van der Waals surface area (Å²) in [5.74, 6) is -0.877. The maximum atomic E-state index is 12.7. The lowest BCUT2D eigenvalue weighted by molar-refractivity contribution is -0.161. The maximum absolute atomic E-state index is 12.7.